The zero-order chi connectivity index (χ0) is 14.5. The lowest BCUT2D eigenvalue weighted by Crippen LogP contribution is -2.01. The number of hydrogen-bond donors (Lipinski definition) is 2. The average Bonchev–Trinajstić information content (AvgIpc) is 2.46. The Labute approximate surface area is 121 Å². The van der Waals surface area contributed by atoms with E-state index < -0.39 is 0 Å². The van der Waals surface area contributed by atoms with Crippen molar-refractivity contribution in [2.75, 3.05) is 12.5 Å². The van der Waals surface area contributed by atoms with E-state index in [9.17, 15) is 5.11 Å². The van der Waals surface area contributed by atoms with Gasteiger partial charge in [-0.05, 0) is 31.2 Å². The highest BCUT2D eigenvalue weighted by Gasteiger charge is 2.07. The number of methoxy groups -OCH3 is 1. The highest BCUT2D eigenvalue weighted by Crippen LogP contribution is 2.24. The number of aromatic hydroxyl groups is 1. The monoisotopic (exact) mass is 291 g/mol. The minimum atomic E-state index is 0.0968. The van der Waals surface area contributed by atoms with Gasteiger partial charge in [-0.25, -0.2) is 4.98 Å². The standard InChI is InChI=1S/C14H14ClN3O2/c1-9(11-6-5-10(20-2)8-13(11)19)17-18-14-12(15)4-3-7-16-14/h3-8,19H,1-2H3,(H,16,18)/b17-9+. The smallest absolute Gasteiger partial charge is 0.165 e. The first kappa shape index (κ1) is 14.1. The highest BCUT2D eigenvalue weighted by molar-refractivity contribution is 6.32. The molecule has 0 atom stereocenters. The van der Waals surface area contributed by atoms with Gasteiger partial charge >= 0.3 is 0 Å². The second-order valence-corrected chi connectivity index (χ2v) is 4.43. The molecule has 0 radical (unpaired) electrons. The fraction of sp³-hybridized carbons (Fsp3) is 0.143. The molecule has 1 aromatic carbocycles. The maximum Gasteiger partial charge on any atom is 0.165 e. The predicted molar refractivity (Wildman–Crippen MR) is 79.7 cm³/mol. The van der Waals surface area contributed by atoms with Crippen LogP contribution in [0.4, 0.5) is 5.82 Å². The number of hydrazone groups is 1. The van der Waals surface area contributed by atoms with Crippen molar-refractivity contribution in [3.63, 3.8) is 0 Å². The summed E-state index contributed by atoms with van der Waals surface area (Å²) in [6, 6.07) is 8.46. The topological polar surface area (TPSA) is 66.7 Å². The van der Waals surface area contributed by atoms with Gasteiger partial charge in [0.1, 0.15) is 11.5 Å². The molecule has 0 spiro atoms. The van der Waals surface area contributed by atoms with Gasteiger partial charge in [0.15, 0.2) is 5.82 Å². The lowest BCUT2D eigenvalue weighted by Gasteiger charge is -2.07. The summed E-state index contributed by atoms with van der Waals surface area (Å²) in [5, 5.41) is 14.6. The molecule has 20 heavy (non-hydrogen) atoms. The third-order valence-corrected chi connectivity index (χ3v) is 2.99. The minimum absolute atomic E-state index is 0.0968. The van der Waals surface area contributed by atoms with Crippen LogP contribution < -0.4 is 10.2 Å². The Hall–Kier alpha value is -2.27. The van der Waals surface area contributed by atoms with Crippen LogP contribution >= 0.6 is 11.6 Å². The lowest BCUT2D eigenvalue weighted by molar-refractivity contribution is 0.407. The normalized spacial score (nSPS) is 11.2. The molecule has 0 saturated heterocycles. The summed E-state index contributed by atoms with van der Waals surface area (Å²) in [6.45, 7) is 1.77. The molecule has 0 fully saturated rings. The van der Waals surface area contributed by atoms with E-state index >= 15 is 0 Å². The van der Waals surface area contributed by atoms with E-state index in [1.54, 1.807) is 44.5 Å². The summed E-state index contributed by atoms with van der Waals surface area (Å²) < 4.78 is 5.03. The van der Waals surface area contributed by atoms with Gasteiger partial charge in [0.05, 0.1) is 17.8 Å². The summed E-state index contributed by atoms with van der Waals surface area (Å²) in [7, 11) is 1.54. The molecule has 0 saturated carbocycles. The number of anilines is 1. The van der Waals surface area contributed by atoms with Crippen molar-refractivity contribution in [2.24, 2.45) is 5.10 Å². The van der Waals surface area contributed by atoms with Gasteiger partial charge in [0.2, 0.25) is 0 Å². The van der Waals surface area contributed by atoms with Crippen molar-refractivity contribution < 1.29 is 9.84 Å². The van der Waals surface area contributed by atoms with Gasteiger partial charge in [-0.15, -0.1) is 0 Å². The van der Waals surface area contributed by atoms with Crippen LogP contribution in [0.3, 0.4) is 0 Å². The number of benzene rings is 1. The zero-order valence-electron chi connectivity index (χ0n) is 11.1. The Kier molecular flexibility index (Phi) is 4.42. The number of nitrogens with zero attached hydrogens (tertiary/aromatic N) is 2. The van der Waals surface area contributed by atoms with Crippen LogP contribution in [0.5, 0.6) is 11.5 Å². The first-order valence-corrected chi connectivity index (χ1v) is 6.28. The average molecular weight is 292 g/mol. The van der Waals surface area contributed by atoms with Crippen molar-refractivity contribution in [3.8, 4) is 11.5 Å². The predicted octanol–water partition coefficient (Wildman–Crippen LogP) is 3.29. The second kappa shape index (κ2) is 6.25. The van der Waals surface area contributed by atoms with Crippen LogP contribution in [-0.4, -0.2) is 22.9 Å². The van der Waals surface area contributed by atoms with E-state index in [1.165, 1.54) is 6.07 Å². The Morgan fingerprint density at radius 3 is 2.85 bits per heavy atom. The van der Waals surface area contributed by atoms with E-state index in [-0.39, 0.29) is 5.75 Å². The highest BCUT2D eigenvalue weighted by atomic mass is 35.5. The van der Waals surface area contributed by atoms with E-state index in [4.69, 9.17) is 16.3 Å². The lowest BCUT2D eigenvalue weighted by atomic mass is 10.1. The maximum atomic E-state index is 9.91. The Bertz CT molecular complexity index is 644. The van der Waals surface area contributed by atoms with Crippen molar-refractivity contribution >= 4 is 23.1 Å². The number of phenols is 1. The molecule has 104 valence electrons. The number of rotatable bonds is 4. The van der Waals surface area contributed by atoms with Crippen LogP contribution in [0.1, 0.15) is 12.5 Å². The summed E-state index contributed by atoms with van der Waals surface area (Å²) in [5.41, 5.74) is 3.98. The van der Waals surface area contributed by atoms with Crippen LogP contribution in [0, 0.1) is 0 Å². The van der Waals surface area contributed by atoms with Crippen molar-refractivity contribution in [2.45, 2.75) is 6.92 Å². The minimum Gasteiger partial charge on any atom is -0.507 e. The number of nitrogens with one attached hydrogen (secondary N) is 1. The Morgan fingerprint density at radius 1 is 1.40 bits per heavy atom. The molecule has 0 aliphatic carbocycles. The molecule has 0 aliphatic heterocycles. The number of hydrogen-bond acceptors (Lipinski definition) is 5. The van der Waals surface area contributed by atoms with E-state index in [2.05, 4.69) is 15.5 Å². The van der Waals surface area contributed by atoms with Crippen molar-refractivity contribution in [3.05, 3.63) is 47.1 Å². The number of ether oxygens (including phenoxy) is 1. The first-order valence-electron chi connectivity index (χ1n) is 5.90. The number of phenolic OH excluding ortho intramolecular Hbond substituents is 1. The van der Waals surface area contributed by atoms with Gasteiger partial charge in [-0.2, -0.15) is 5.10 Å². The SMILES string of the molecule is COc1ccc(/C(C)=N/Nc2ncccc2Cl)c(O)c1. The maximum absolute atomic E-state index is 9.91. The zero-order valence-corrected chi connectivity index (χ0v) is 11.8. The summed E-state index contributed by atoms with van der Waals surface area (Å²) in [5.74, 6) is 1.14. The summed E-state index contributed by atoms with van der Waals surface area (Å²) >= 11 is 5.96. The largest absolute Gasteiger partial charge is 0.507 e. The summed E-state index contributed by atoms with van der Waals surface area (Å²) in [4.78, 5) is 4.06. The molecule has 1 aromatic heterocycles. The van der Waals surface area contributed by atoms with Gasteiger partial charge < -0.3 is 9.84 Å². The molecule has 2 rings (SSSR count). The third kappa shape index (κ3) is 3.19. The van der Waals surface area contributed by atoms with E-state index in [0.29, 0.717) is 27.9 Å². The van der Waals surface area contributed by atoms with Gasteiger partial charge in [0, 0.05) is 17.8 Å². The second-order valence-electron chi connectivity index (χ2n) is 4.03. The molecular weight excluding hydrogens is 278 g/mol. The molecule has 5 nitrogen and oxygen atoms in total. The Balaban J connectivity index is 2.21. The summed E-state index contributed by atoms with van der Waals surface area (Å²) in [6.07, 6.45) is 1.62. The fourth-order valence-electron chi connectivity index (χ4n) is 1.61. The fourth-order valence-corrected chi connectivity index (χ4v) is 1.77. The number of aromatic nitrogens is 1. The van der Waals surface area contributed by atoms with E-state index in [0.717, 1.165) is 0 Å². The molecule has 6 heteroatoms. The number of pyridine rings is 1. The van der Waals surface area contributed by atoms with E-state index in [1.807, 2.05) is 0 Å². The van der Waals surface area contributed by atoms with Crippen molar-refractivity contribution in [1.29, 1.82) is 0 Å². The molecule has 2 aromatic rings. The Morgan fingerprint density at radius 2 is 2.20 bits per heavy atom. The van der Waals surface area contributed by atoms with Gasteiger partial charge in [0.25, 0.3) is 0 Å². The number of halogens is 1. The van der Waals surface area contributed by atoms with Crippen LogP contribution in [0.15, 0.2) is 41.6 Å². The van der Waals surface area contributed by atoms with Gasteiger partial charge in [-0.1, -0.05) is 11.6 Å². The molecule has 2 N–H and O–H groups in total. The molecule has 0 amide bonds. The quantitative estimate of drug-likeness (QED) is 0.670. The molecule has 0 bridgehead atoms. The van der Waals surface area contributed by atoms with Crippen LogP contribution in [-0.2, 0) is 0 Å². The van der Waals surface area contributed by atoms with Gasteiger partial charge in [-0.3, -0.25) is 5.43 Å². The molecular formula is C14H14ClN3O2. The first-order chi connectivity index (χ1) is 9.61. The van der Waals surface area contributed by atoms with Crippen LogP contribution in [0.2, 0.25) is 5.02 Å². The molecule has 0 aliphatic rings. The van der Waals surface area contributed by atoms with Crippen molar-refractivity contribution in [1.82, 2.24) is 4.98 Å². The molecule has 1 heterocycles. The molecule has 0 unspecified atom stereocenters. The van der Waals surface area contributed by atoms with Crippen LogP contribution in [0.25, 0.3) is 0 Å². The third-order valence-electron chi connectivity index (χ3n) is 2.68.